The number of carbonyl (C=O) groups excluding carboxylic acids is 3. The van der Waals surface area contributed by atoms with Crippen molar-refractivity contribution >= 4 is 23.4 Å². The van der Waals surface area contributed by atoms with Gasteiger partial charge in [-0.2, -0.15) is 0 Å². The first-order valence-electron chi connectivity index (χ1n) is 9.41. The van der Waals surface area contributed by atoms with Crippen molar-refractivity contribution in [2.45, 2.75) is 45.4 Å². The van der Waals surface area contributed by atoms with Crippen LogP contribution in [-0.2, 0) is 14.4 Å². The number of imide groups is 1. The van der Waals surface area contributed by atoms with Gasteiger partial charge in [0.1, 0.15) is 0 Å². The highest BCUT2D eigenvalue weighted by Crippen LogP contribution is 2.35. The Morgan fingerprint density at radius 1 is 1.12 bits per heavy atom. The van der Waals surface area contributed by atoms with Gasteiger partial charge in [0.05, 0.1) is 11.8 Å². The van der Waals surface area contributed by atoms with Crippen LogP contribution in [0.2, 0.25) is 0 Å². The minimum absolute atomic E-state index is 0.122. The number of hydrogen-bond donors (Lipinski definition) is 1. The second-order valence-electron chi connectivity index (χ2n) is 7.21. The number of carbonyl (C=O) groups is 3. The lowest BCUT2D eigenvalue weighted by atomic mass is 9.85. The minimum atomic E-state index is -0.233. The van der Waals surface area contributed by atoms with Gasteiger partial charge in [-0.1, -0.05) is 38.1 Å². The fourth-order valence-corrected chi connectivity index (χ4v) is 3.66. The highest BCUT2D eigenvalue weighted by Gasteiger charge is 2.46. The van der Waals surface area contributed by atoms with E-state index in [4.69, 9.17) is 0 Å². The van der Waals surface area contributed by atoms with E-state index < -0.39 is 0 Å². The zero-order chi connectivity index (χ0) is 18.7. The summed E-state index contributed by atoms with van der Waals surface area (Å²) in [6.07, 6.45) is 6.37. The maximum Gasteiger partial charge on any atom is 0.233 e. The zero-order valence-corrected chi connectivity index (χ0v) is 15.4. The first-order chi connectivity index (χ1) is 12.5. The summed E-state index contributed by atoms with van der Waals surface area (Å²) in [5.41, 5.74) is 1.98. The Labute approximate surface area is 154 Å². The molecule has 2 aliphatic rings. The van der Waals surface area contributed by atoms with E-state index in [0.29, 0.717) is 18.8 Å². The Morgan fingerprint density at radius 3 is 2.23 bits per heavy atom. The fraction of sp³-hybridized carbons (Fsp3) is 0.476. The molecular weight excluding hydrogens is 328 g/mol. The van der Waals surface area contributed by atoms with Crippen molar-refractivity contribution in [1.29, 1.82) is 0 Å². The van der Waals surface area contributed by atoms with Gasteiger partial charge in [-0.25, -0.2) is 0 Å². The van der Waals surface area contributed by atoms with Crippen LogP contribution < -0.4 is 5.32 Å². The van der Waals surface area contributed by atoms with Gasteiger partial charge in [-0.05, 0) is 42.9 Å². The van der Waals surface area contributed by atoms with Crippen LogP contribution in [0.4, 0.5) is 5.69 Å². The largest absolute Gasteiger partial charge is 0.326 e. The molecule has 138 valence electrons. The van der Waals surface area contributed by atoms with Crippen molar-refractivity contribution < 1.29 is 14.4 Å². The van der Waals surface area contributed by atoms with E-state index in [0.717, 1.165) is 12.1 Å². The Bertz CT molecular complexity index is 697. The molecule has 0 radical (unpaired) electrons. The van der Waals surface area contributed by atoms with Crippen molar-refractivity contribution in [3.8, 4) is 0 Å². The molecule has 1 fully saturated rings. The smallest absolute Gasteiger partial charge is 0.233 e. The van der Waals surface area contributed by atoms with Crippen LogP contribution in [0.25, 0.3) is 0 Å². The molecule has 5 heteroatoms. The van der Waals surface area contributed by atoms with Crippen LogP contribution in [0.3, 0.4) is 0 Å². The summed E-state index contributed by atoms with van der Waals surface area (Å²) in [5.74, 6) is -0.419. The molecule has 3 atom stereocenters. The number of fused-ring (bicyclic) bond motifs is 1. The summed E-state index contributed by atoms with van der Waals surface area (Å²) in [5, 5.41) is 2.84. The molecule has 0 unspecified atom stereocenters. The maximum absolute atomic E-state index is 12.4. The average Bonchev–Trinajstić information content (AvgIpc) is 2.91. The fourth-order valence-electron chi connectivity index (χ4n) is 3.66. The van der Waals surface area contributed by atoms with Crippen LogP contribution in [0.15, 0.2) is 36.4 Å². The Hall–Kier alpha value is -2.43. The molecule has 0 aromatic heterocycles. The van der Waals surface area contributed by atoms with Gasteiger partial charge in [0.15, 0.2) is 0 Å². The molecule has 1 saturated heterocycles. The highest BCUT2D eigenvalue weighted by atomic mass is 16.2. The molecule has 1 aromatic rings. The van der Waals surface area contributed by atoms with Crippen molar-refractivity contribution in [2.75, 3.05) is 11.9 Å². The second kappa shape index (κ2) is 7.85. The maximum atomic E-state index is 12.4. The highest BCUT2D eigenvalue weighted by molar-refractivity contribution is 6.05. The quantitative estimate of drug-likeness (QED) is 0.628. The molecule has 1 aliphatic carbocycles. The summed E-state index contributed by atoms with van der Waals surface area (Å²) in [6, 6.07) is 7.83. The van der Waals surface area contributed by atoms with E-state index in [-0.39, 0.29) is 42.5 Å². The van der Waals surface area contributed by atoms with Crippen LogP contribution in [-0.4, -0.2) is 29.2 Å². The first-order valence-corrected chi connectivity index (χ1v) is 9.41. The van der Waals surface area contributed by atoms with Crippen LogP contribution in [0.5, 0.6) is 0 Å². The number of nitrogens with zero attached hydrogens (tertiary/aromatic N) is 1. The predicted octanol–water partition coefficient (Wildman–Crippen LogP) is 3.48. The molecule has 1 heterocycles. The standard InChI is InChI=1S/C21H26N2O3/c1-3-14(2)15-8-10-16(11-9-15)22-19(24)12-13-23-20(25)17-6-4-5-7-18(17)21(23)26/h4-5,8-11,14,17-18H,3,6-7,12-13H2,1-2H3,(H,22,24)/t14-,17+,18+/m1/s1. The molecule has 0 bridgehead atoms. The molecule has 1 aliphatic heterocycles. The number of nitrogens with one attached hydrogen (secondary N) is 1. The SMILES string of the molecule is CC[C@@H](C)c1ccc(NC(=O)CCN2C(=O)[C@H]3CC=CC[C@@H]3C2=O)cc1. The molecule has 1 aromatic carbocycles. The predicted molar refractivity (Wildman–Crippen MR) is 100 cm³/mol. The van der Waals surface area contributed by atoms with Crippen LogP contribution in [0.1, 0.15) is 51.0 Å². The van der Waals surface area contributed by atoms with E-state index in [2.05, 4.69) is 19.2 Å². The minimum Gasteiger partial charge on any atom is -0.326 e. The second-order valence-corrected chi connectivity index (χ2v) is 7.21. The number of rotatable bonds is 6. The van der Waals surface area contributed by atoms with Gasteiger partial charge < -0.3 is 5.32 Å². The molecule has 5 nitrogen and oxygen atoms in total. The molecule has 1 N–H and O–H groups in total. The summed E-state index contributed by atoms with van der Waals surface area (Å²) in [7, 11) is 0. The lowest BCUT2D eigenvalue weighted by molar-refractivity contribution is -0.140. The van der Waals surface area contributed by atoms with Crippen LogP contribution >= 0.6 is 0 Å². The van der Waals surface area contributed by atoms with Crippen molar-refractivity contribution in [1.82, 2.24) is 4.90 Å². The number of amides is 3. The molecule has 3 rings (SSSR count). The number of hydrogen-bond acceptors (Lipinski definition) is 3. The lowest BCUT2D eigenvalue weighted by Crippen LogP contribution is -2.34. The van der Waals surface area contributed by atoms with Gasteiger partial charge in [-0.3, -0.25) is 19.3 Å². The Kier molecular flexibility index (Phi) is 5.55. The third-order valence-corrected chi connectivity index (χ3v) is 5.54. The topological polar surface area (TPSA) is 66.5 Å². The number of allylic oxidation sites excluding steroid dienone is 2. The summed E-state index contributed by atoms with van der Waals surface area (Å²) in [6.45, 7) is 4.47. The van der Waals surface area contributed by atoms with Crippen molar-refractivity contribution in [2.24, 2.45) is 11.8 Å². The summed E-state index contributed by atoms with van der Waals surface area (Å²) >= 11 is 0. The van der Waals surface area contributed by atoms with E-state index >= 15 is 0 Å². The van der Waals surface area contributed by atoms with Crippen molar-refractivity contribution in [3.63, 3.8) is 0 Å². The third kappa shape index (κ3) is 3.71. The summed E-state index contributed by atoms with van der Waals surface area (Å²) in [4.78, 5) is 38.3. The van der Waals surface area contributed by atoms with Gasteiger partial charge in [0, 0.05) is 18.7 Å². The summed E-state index contributed by atoms with van der Waals surface area (Å²) < 4.78 is 0. The van der Waals surface area contributed by atoms with E-state index in [1.165, 1.54) is 10.5 Å². The molecule has 26 heavy (non-hydrogen) atoms. The first kappa shape index (κ1) is 18.4. The van der Waals surface area contributed by atoms with Gasteiger partial charge in [0.25, 0.3) is 0 Å². The molecular formula is C21H26N2O3. The molecule has 0 saturated carbocycles. The Morgan fingerprint density at radius 2 is 1.69 bits per heavy atom. The van der Waals surface area contributed by atoms with E-state index in [1.807, 2.05) is 36.4 Å². The van der Waals surface area contributed by atoms with Gasteiger partial charge in [-0.15, -0.1) is 0 Å². The van der Waals surface area contributed by atoms with Gasteiger partial charge in [0.2, 0.25) is 17.7 Å². The van der Waals surface area contributed by atoms with Crippen molar-refractivity contribution in [3.05, 3.63) is 42.0 Å². The Balaban J connectivity index is 1.53. The molecule has 0 spiro atoms. The molecule has 3 amide bonds. The number of likely N-dealkylation sites (tertiary alicyclic amines) is 1. The zero-order valence-electron chi connectivity index (χ0n) is 15.4. The number of benzene rings is 1. The monoisotopic (exact) mass is 354 g/mol. The third-order valence-electron chi connectivity index (χ3n) is 5.54. The van der Waals surface area contributed by atoms with Gasteiger partial charge >= 0.3 is 0 Å². The van der Waals surface area contributed by atoms with E-state index in [9.17, 15) is 14.4 Å². The normalized spacial score (nSPS) is 23.1. The average molecular weight is 354 g/mol. The lowest BCUT2D eigenvalue weighted by Gasteiger charge is -2.15. The van der Waals surface area contributed by atoms with E-state index in [1.54, 1.807) is 0 Å². The van der Waals surface area contributed by atoms with Crippen LogP contribution in [0, 0.1) is 11.8 Å². The number of anilines is 1.